The van der Waals surface area contributed by atoms with Crippen molar-refractivity contribution in [2.45, 2.75) is 0 Å². The molecule has 0 radical (unpaired) electrons. The zero-order valence-electron chi connectivity index (χ0n) is 40.2. The third kappa shape index (κ3) is 11.7. The van der Waals surface area contributed by atoms with Crippen molar-refractivity contribution >= 4 is 90.8 Å². The largest absolute Gasteiger partial charge is 0.378 e. The molecule has 0 spiro atoms. The van der Waals surface area contributed by atoms with Gasteiger partial charge in [-0.15, -0.1) is 0 Å². The van der Waals surface area contributed by atoms with Gasteiger partial charge in [-0.3, -0.25) is 0 Å². The highest BCUT2D eigenvalue weighted by Gasteiger charge is 2.39. The first-order valence-corrected chi connectivity index (χ1v) is 26.8. The number of nitrogens with zero attached hydrogens (tertiary/aromatic N) is 9. The van der Waals surface area contributed by atoms with E-state index < -0.39 is 22.5 Å². The molecule has 0 bridgehead atoms. The molecule has 7 rings (SSSR count). The van der Waals surface area contributed by atoms with Crippen LogP contribution in [0.5, 0.6) is 0 Å². The van der Waals surface area contributed by atoms with Gasteiger partial charge in [-0.1, -0.05) is 0 Å². The highest BCUT2D eigenvalue weighted by atomic mass is 31.3. The fraction of sp³-hybridized carbons (Fsp3) is 0.250. The van der Waals surface area contributed by atoms with E-state index >= 15 is 0 Å². The Balaban J connectivity index is 1.57. The molecule has 0 aliphatic carbocycles. The minimum Gasteiger partial charge on any atom is -0.378 e. The summed E-state index contributed by atoms with van der Waals surface area (Å²) in [5.41, 5.74) is 11.6. The van der Waals surface area contributed by atoms with Crippen LogP contribution in [0.2, 0.25) is 0 Å². The van der Waals surface area contributed by atoms with Gasteiger partial charge in [0.15, 0.2) is 0 Å². The van der Waals surface area contributed by atoms with Crippen LogP contribution in [0.1, 0.15) is 0 Å². The van der Waals surface area contributed by atoms with Crippen LogP contribution >= 0.6 is 22.5 Å². The molecule has 0 fully saturated rings. The molecule has 15 nitrogen and oxygen atoms in total. The molecule has 0 saturated carbocycles. The normalized spacial score (nSPS) is 14.2. The molecule has 6 N–H and O–H groups in total. The zero-order chi connectivity index (χ0) is 47.2. The summed E-state index contributed by atoms with van der Waals surface area (Å²) in [6.45, 7) is 0. The van der Waals surface area contributed by atoms with Crippen LogP contribution in [0.15, 0.2) is 159 Å². The van der Waals surface area contributed by atoms with Gasteiger partial charge in [-0.25, -0.2) is 0 Å². The smallest absolute Gasteiger partial charge is 0.268 e. The maximum Gasteiger partial charge on any atom is 0.268 e. The van der Waals surface area contributed by atoms with Crippen LogP contribution in [0.4, 0.5) is 68.2 Å². The Hall–Kier alpha value is -6.39. The van der Waals surface area contributed by atoms with E-state index in [-0.39, 0.29) is 0 Å². The van der Waals surface area contributed by atoms with E-state index in [1.165, 1.54) is 0 Å². The molecule has 0 aromatic heterocycles. The highest BCUT2D eigenvalue weighted by molar-refractivity contribution is 7.89. The number of anilines is 12. The lowest BCUT2D eigenvalue weighted by atomic mass is 10.3. The zero-order valence-corrected chi connectivity index (χ0v) is 42.9. The first kappa shape index (κ1) is 47.6. The quantitative estimate of drug-likeness (QED) is 0.0459. The third-order valence-corrected chi connectivity index (χ3v) is 20.4. The minimum atomic E-state index is -3.36. The fourth-order valence-corrected chi connectivity index (χ4v) is 18.3. The number of hydrogen-bond acceptors (Lipinski definition) is 15. The van der Waals surface area contributed by atoms with Crippen molar-refractivity contribution in [3.63, 3.8) is 0 Å². The Kier molecular flexibility index (Phi) is 14.4. The van der Waals surface area contributed by atoms with Gasteiger partial charge in [0.2, 0.25) is 0 Å². The first-order chi connectivity index (χ1) is 31.4. The summed E-state index contributed by atoms with van der Waals surface area (Å²) in [5, 5.41) is 23.7. The molecule has 66 heavy (non-hydrogen) atoms. The molecule has 0 amide bonds. The van der Waals surface area contributed by atoms with E-state index in [9.17, 15) is 0 Å². The standard InChI is InChI=1S/C48H66N15P3/c1-58(2)43-25-13-37(14-26-43)49-64(50-38-15-27-44(28-16-38)59(3)4)55-65(51-39-17-29-45(30-18-39)60(5)6,52-40-19-31-46(32-20-40)61(7)8)57-66(56-64,53-41-21-33-47(34-22-41)62(9)10)54-42-23-35-48(36-24-42)63(11)12/h13-36,49-54H,1-12H3. The average molecular weight is 946 g/mol. The summed E-state index contributed by atoms with van der Waals surface area (Å²) in [6.07, 6.45) is 0. The number of benzene rings is 6. The predicted molar refractivity (Wildman–Crippen MR) is 294 cm³/mol. The molecule has 1 aliphatic heterocycles. The van der Waals surface area contributed by atoms with Crippen molar-refractivity contribution in [3.8, 4) is 0 Å². The Bertz CT molecular complexity index is 2230. The van der Waals surface area contributed by atoms with Crippen molar-refractivity contribution in [2.24, 2.45) is 13.5 Å². The molecule has 6 aromatic rings. The van der Waals surface area contributed by atoms with Crippen LogP contribution < -0.4 is 59.9 Å². The predicted octanol–water partition coefficient (Wildman–Crippen LogP) is 12.9. The van der Waals surface area contributed by atoms with E-state index in [0.717, 1.165) is 68.2 Å². The summed E-state index contributed by atoms with van der Waals surface area (Å²) in [6, 6.07) is 50.3. The SMILES string of the molecule is CN(C)c1ccc(NP2(Nc3ccc(N(C)C)cc3)=NP(Nc3ccc(N(C)C)cc3)(Nc3ccc(N(C)C)cc3)=NP(Nc3ccc(N(C)C)cc3)(Nc3ccc(N(C)C)cc3)=N2)cc1. The minimum absolute atomic E-state index is 0.855. The molecule has 0 unspecified atom stereocenters. The summed E-state index contributed by atoms with van der Waals surface area (Å²) in [7, 11) is 14.4. The van der Waals surface area contributed by atoms with E-state index in [0.29, 0.717) is 0 Å². The van der Waals surface area contributed by atoms with E-state index in [1.807, 2.05) is 84.6 Å². The Labute approximate surface area is 392 Å². The third-order valence-electron chi connectivity index (χ3n) is 10.8. The van der Waals surface area contributed by atoms with Crippen LogP contribution in [0.25, 0.3) is 0 Å². The summed E-state index contributed by atoms with van der Waals surface area (Å²) < 4.78 is 17.8. The van der Waals surface area contributed by atoms with Crippen LogP contribution in [-0.4, -0.2) is 84.6 Å². The molecular weight excluding hydrogens is 880 g/mol. The van der Waals surface area contributed by atoms with Gasteiger partial charge in [-0.05, 0) is 146 Å². The van der Waals surface area contributed by atoms with Crippen LogP contribution in [0, 0.1) is 0 Å². The molecule has 1 heterocycles. The molecule has 1 aliphatic rings. The van der Waals surface area contributed by atoms with Crippen molar-refractivity contribution in [1.82, 2.24) is 0 Å². The molecule has 6 aromatic carbocycles. The lowest BCUT2D eigenvalue weighted by Crippen LogP contribution is -2.17. The van der Waals surface area contributed by atoms with Gasteiger partial charge in [-0.2, -0.15) is 13.5 Å². The van der Waals surface area contributed by atoms with E-state index in [1.54, 1.807) is 0 Å². The van der Waals surface area contributed by atoms with Crippen molar-refractivity contribution in [2.75, 3.05) is 144 Å². The van der Waals surface area contributed by atoms with Crippen molar-refractivity contribution < 1.29 is 0 Å². The first-order valence-electron chi connectivity index (χ1n) is 21.7. The topological polar surface area (TPSA) is 129 Å². The van der Waals surface area contributed by atoms with E-state index in [2.05, 4.69) is 206 Å². The van der Waals surface area contributed by atoms with Crippen LogP contribution in [0.3, 0.4) is 0 Å². The second-order valence-corrected chi connectivity index (χ2v) is 24.5. The van der Waals surface area contributed by atoms with Crippen LogP contribution in [-0.2, 0) is 0 Å². The molecule has 18 heteroatoms. The maximum absolute atomic E-state index is 5.95. The number of nitrogens with one attached hydrogen (secondary N) is 6. The Morgan fingerprint density at radius 2 is 0.348 bits per heavy atom. The number of rotatable bonds is 18. The van der Waals surface area contributed by atoms with Gasteiger partial charge in [0.05, 0.1) is 0 Å². The highest BCUT2D eigenvalue weighted by Crippen LogP contribution is 2.76. The molecule has 348 valence electrons. The molecule has 0 atom stereocenters. The Morgan fingerprint density at radius 1 is 0.227 bits per heavy atom. The summed E-state index contributed by atoms with van der Waals surface area (Å²) >= 11 is 0. The molecular formula is C48H66N15P3. The second-order valence-electron chi connectivity index (χ2n) is 17.4. The van der Waals surface area contributed by atoms with Gasteiger partial charge >= 0.3 is 0 Å². The Morgan fingerprint density at radius 3 is 0.455 bits per heavy atom. The summed E-state index contributed by atoms with van der Waals surface area (Å²) in [4.78, 5) is 12.6. The average Bonchev–Trinajstić information content (AvgIpc) is 3.27. The van der Waals surface area contributed by atoms with Crippen molar-refractivity contribution in [1.29, 1.82) is 0 Å². The van der Waals surface area contributed by atoms with E-state index in [4.69, 9.17) is 13.5 Å². The monoisotopic (exact) mass is 945 g/mol. The lowest BCUT2D eigenvalue weighted by Gasteiger charge is -2.38. The fourth-order valence-electron chi connectivity index (χ4n) is 7.05. The van der Waals surface area contributed by atoms with Gasteiger partial charge < -0.3 is 59.9 Å². The maximum atomic E-state index is 5.95. The lowest BCUT2D eigenvalue weighted by molar-refractivity contribution is 1.13. The van der Waals surface area contributed by atoms with Crippen molar-refractivity contribution in [3.05, 3.63) is 146 Å². The number of hydrogen-bond donors (Lipinski definition) is 6. The summed E-state index contributed by atoms with van der Waals surface area (Å²) in [5.74, 6) is 0. The second kappa shape index (κ2) is 20.0. The van der Waals surface area contributed by atoms with Gasteiger partial charge in [0.1, 0.15) is 0 Å². The van der Waals surface area contributed by atoms with Gasteiger partial charge in [0, 0.05) is 153 Å². The molecule has 0 saturated heterocycles. The van der Waals surface area contributed by atoms with Gasteiger partial charge in [0.25, 0.3) is 22.5 Å².